The molecule has 6 heteroatoms. The summed E-state index contributed by atoms with van der Waals surface area (Å²) in [4.78, 5) is 24.9. The Hall–Kier alpha value is -2.63. The highest BCUT2D eigenvalue weighted by molar-refractivity contribution is 5.95. The Kier molecular flexibility index (Phi) is 5.16. The van der Waals surface area contributed by atoms with E-state index < -0.39 is 0 Å². The molecule has 0 aliphatic rings. The molecule has 0 aliphatic carbocycles. The fraction of sp³-hybridized carbons (Fsp3) is 0.353. The molecule has 0 fully saturated rings. The molecule has 0 bridgehead atoms. The number of hydrogen-bond donors (Lipinski definition) is 1. The van der Waals surface area contributed by atoms with Crippen molar-refractivity contribution in [3.63, 3.8) is 0 Å². The molecule has 2 rings (SSSR count). The van der Waals surface area contributed by atoms with Crippen LogP contribution in [0.3, 0.4) is 0 Å². The highest BCUT2D eigenvalue weighted by Gasteiger charge is 2.09. The van der Waals surface area contributed by atoms with E-state index in [2.05, 4.69) is 15.3 Å². The predicted octanol–water partition coefficient (Wildman–Crippen LogP) is 1.85. The molecule has 23 heavy (non-hydrogen) atoms. The topological polar surface area (TPSA) is 61.4 Å². The van der Waals surface area contributed by atoms with Crippen LogP contribution in [0.2, 0.25) is 0 Å². The zero-order valence-electron chi connectivity index (χ0n) is 14.3. The monoisotopic (exact) mass is 313 g/mol. The van der Waals surface area contributed by atoms with Gasteiger partial charge in [-0.3, -0.25) is 4.79 Å². The van der Waals surface area contributed by atoms with E-state index in [1.165, 1.54) is 0 Å². The van der Waals surface area contributed by atoms with Gasteiger partial charge in [0.25, 0.3) is 5.91 Å². The normalized spacial score (nSPS) is 10.3. The minimum atomic E-state index is -0.114. The van der Waals surface area contributed by atoms with E-state index in [0.717, 1.165) is 17.1 Å². The Bertz CT molecular complexity index is 697. The number of carbonyl (C=O) groups is 1. The third-order valence-corrected chi connectivity index (χ3v) is 3.35. The van der Waals surface area contributed by atoms with Crippen LogP contribution in [0.4, 0.5) is 11.6 Å². The van der Waals surface area contributed by atoms with Crippen LogP contribution in [0.1, 0.15) is 21.7 Å². The van der Waals surface area contributed by atoms with E-state index in [9.17, 15) is 4.79 Å². The lowest BCUT2D eigenvalue weighted by Crippen LogP contribution is -2.24. The van der Waals surface area contributed by atoms with Gasteiger partial charge in [-0.1, -0.05) is 6.07 Å². The molecule has 1 aromatic heterocycles. The first-order valence-corrected chi connectivity index (χ1v) is 7.44. The highest BCUT2D eigenvalue weighted by Crippen LogP contribution is 2.13. The summed E-state index contributed by atoms with van der Waals surface area (Å²) in [6, 6.07) is 9.39. The quantitative estimate of drug-likeness (QED) is 0.913. The van der Waals surface area contributed by atoms with Gasteiger partial charge in [-0.05, 0) is 31.2 Å². The number of carbonyl (C=O) groups excluding carboxylic acids is 1. The molecule has 0 saturated heterocycles. The zero-order chi connectivity index (χ0) is 17.0. The molecule has 1 aromatic carbocycles. The molecule has 6 nitrogen and oxygen atoms in total. The van der Waals surface area contributed by atoms with Gasteiger partial charge in [0.2, 0.25) is 5.95 Å². The number of nitrogens with zero attached hydrogens (tertiary/aromatic N) is 4. The molecule has 0 atom stereocenters. The molecular formula is C17H23N5O. The Morgan fingerprint density at radius 3 is 2.48 bits per heavy atom. The predicted molar refractivity (Wildman–Crippen MR) is 93.0 cm³/mol. The maximum absolute atomic E-state index is 12.3. The molecule has 122 valence electrons. The largest absolute Gasteiger partial charge is 0.378 e. The maximum Gasteiger partial charge on any atom is 0.251 e. The van der Waals surface area contributed by atoms with Gasteiger partial charge in [-0.2, -0.15) is 0 Å². The smallest absolute Gasteiger partial charge is 0.251 e. The van der Waals surface area contributed by atoms with Crippen molar-refractivity contribution in [2.75, 3.05) is 38.0 Å². The van der Waals surface area contributed by atoms with Gasteiger partial charge in [-0.15, -0.1) is 0 Å². The van der Waals surface area contributed by atoms with E-state index in [1.807, 2.05) is 69.2 Å². The summed E-state index contributed by atoms with van der Waals surface area (Å²) in [6.45, 7) is 2.29. The van der Waals surface area contributed by atoms with Gasteiger partial charge >= 0.3 is 0 Å². The van der Waals surface area contributed by atoms with Crippen LogP contribution in [0.15, 0.2) is 30.3 Å². The second-order valence-electron chi connectivity index (χ2n) is 5.82. The second-order valence-corrected chi connectivity index (χ2v) is 5.82. The lowest BCUT2D eigenvalue weighted by molar-refractivity contribution is 0.0950. The van der Waals surface area contributed by atoms with Crippen LogP contribution in [0.25, 0.3) is 0 Å². The second kappa shape index (κ2) is 7.09. The number of amides is 1. The van der Waals surface area contributed by atoms with Crippen LogP contribution >= 0.6 is 0 Å². The van der Waals surface area contributed by atoms with Crippen molar-refractivity contribution in [3.05, 3.63) is 47.3 Å². The zero-order valence-corrected chi connectivity index (χ0v) is 14.3. The van der Waals surface area contributed by atoms with E-state index in [0.29, 0.717) is 18.1 Å². The Morgan fingerprint density at radius 2 is 1.83 bits per heavy atom. The van der Waals surface area contributed by atoms with E-state index in [-0.39, 0.29) is 5.91 Å². The third kappa shape index (κ3) is 4.42. The van der Waals surface area contributed by atoms with Crippen molar-refractivity contribution < 1.29 is 4.79 Å². The molecule has 0 spiro atoms. The fourth-order valence-electron chi connectivity index (χ4n) is 2.11. The van der Waals surface area contributed by atoms with Gasteiger partial charge in [0.05, 0.1) is 12.2 Å². The number of hydrogen-bond acceptors (Lipinski definition) is 5. The van der Waals surface area contributed by atoms with Crippen molar-refractivity contribution >= 4 is 17.5 Å². The van der Waals surface area contributed by atoms with Crippen LogP contribution < -0.4 is 15.1 Å². The van der Waals surface area contributed by atoms with Crippen molar-refractivity contribution in [3.8, 4) is 0 Å². The molecule has 0 saturated carbocycles. The summed E-state index contributed by atoms with van der Waals surface area (Å²) >= 11 is 0. The van der Waals surface area contributed by atoms with Gasteiger partial charge in [-0.25, -0.2) is 9.97 Å². The van der Waals surface area contributed by atoms with Crippen molar-refractivity contribution in [2.24, 2.45) is 0 Å². The van der Waals surface area contributed by atoms with Crippen LogP contribution in [-0.4, -0.2) is 44.1 Å². The number of anilines is 2. The minimum absolute atomic E-state index is 0.114. The molecule has 0 radical (unpaired) electrons. The number of aryl methyl sites for hydroxylation is 1. The van der Waals surface area contributed by atoms with Gasteiger partial charge in [0, 0.05) is 45.1 Å². The number of nitrogens with one attached hydrogen (secondary N) is 1. The van der Waals surface area contributed by atoms with Crippen molar-refractivity contribution in [1.82, 2.24) is 15.3 Å². The maximum atomic E-state index is 12.3. The molecular weight excluding hydrogens is 290 g/mol. The molecule has 1 N–H and O–H groups in total. The third-order valence-electron chi connectivity index (χ3n) is 3.35. The standard InChI is InChI=1S/C17H23N5O/c1-12-9-14(20-17(19-12)22(4)5)11-18-16(23)13-7-6-8-15(10-13)21(2)3/h6-10H,11H2,1-5H3,(H,18,23). The summed E-state index contributed by atoms with van der Waals surface area (Å²) < 4.78 is 0. The first-order valence-electron chi connectivity index (χ1n) is 7.44. The first-order chi connectivity index (χ1) is 10.9. The highest BCUT2D eigenvalue weighted by atomic mass is 16.1. The van der Waals surface area contributed by atoms with E-state index in [4.69, 9.17) is 0 Å². The SMILES string of the molecule is Cc1cc(CNC(=O)c2cccc(N(C)C)c2)nc(N(C)C)n1. The van der Waals surface area contributed by atoms with Crippen LogP contribution in [0, 0.1) is 6.92 Å². The Morgan fingerprint density at radius 1 is 1.09 bits per heavy atom. The van der Waals surface area contributed by atoms with Crippen molar-refractivity contribution in [2.45, 2.75) is 13.5 Å². The summed E-state index contributed by atoms with van der Waals surface area (Å²) in [5.41, 5.74) is 3.29. The van der Waals surface area contributed by atoms with E-state index in [1.54, 1.807) is 6.07 Å². The van der Waals surface area contributed by atoms with Crippen molar-refractivity contribution in [1.29, 1.82) is 0 Å². The summed E-state index contributed by atoms with van der Waals surface area (Å²) in [7, 11) is 7.68. The lowest BCUT2D eigenvalue weighted by Gasteiger charge is -2.14. The number of rotatable bonds is 5. The summed E-state index contributed by atoms with van der Waals surface area (Å²) in [5.74, 6) is 0.528. The van der Waals surface area contributed by atoms with Crippen LogP contribution in [-0.2, 0) is 6.54 Å². The Labute approximate surface area is 137 Å². The molecule has 1 heterocycles. The first kappa shape index (κ1) is 16.7. The van der Waals surface area contributed by atoms with E-state index >= 15 is 0 Å². The summed E-state index contributed by atoms with van der Waals surface area (Å²) in [6.07, 6.45) is 0. The minimum Gasteiger partial charge on any atom is -0.378 e. The Balaban J connectivity index is 2.09. The summed E-state index contributed by atoms with van der Waals surface area (Å²) in [5, 5.41) is 2.91. The lowest BCUT2D eigenvalue weighted by atomic mass is 10.2. The fourth-order valence-corrected chi connectivity index (χ4v) is 2.11. The molecule has 0 unspecified atom stereocenters. The number of benzene rings is 1. The molecule has 0 aliphatic heterocycles. The molecule has 1 amide bonds. The van der Waals surface area contributed by atoms with Gasteiger partial charge in [0.1, 0.15) is 0 Å². The van der Waals surface area contributed by atoms with Gasteiger partial charge in [0.15, 0.2) is 0 Å². The molecule has 2 aromatic rings. The number of aromatic nitrogens is 2. The van der Waals surface area contributed by atoms with Crippen LogP contribution in [0.5, 0.6) is 0 Å². The van der Waals surface area contributed by atoms with Gasteiger partial charge < -0.3 is 15.1 Å². The average molecular weight is 313 g/mol. The average Bonchev–Trinajstić information content (AvgIpc) is 2.52.